The van der Waals surface area contributed by atoms with Crippen LogP contribution in [0.25, 0.3) is 5.65 Å². The van der Waals surface area contributed by atoms with Gasteiger partial charge in [-0.2, -0.15) is 15.6 Å². The highest BCUT2D eigenvalue weighted by Gasteiger charge is 2.18. The van der Waals surface area contributed by atoms with Crippen molar-refractivity contribution >= 4 is 23.3 Å². The Morgan fingerprint density at radius 2 is 2.10 bits per heavy atom. The zero-order valence-corrected chi connectivity index (χ0v) is 16.6. The molecule has 0 saturated heterocycles. The summed E-state index contributed by atoms with van der Waals surface area (Å²) in [5.74, 6) is -0.489. The van der Waals surface area contributed by atoms with Crippen LogP contribution in [0.1, 0.15) is 45.8 Å². The van der Waals surface area contributed by atoms with Crippen LogP contribution < -0.4 is 10.6 Å². The second-order valence-corrected chi connectivity index (χ2v) is 6.71. The van der Waals surface area contributed by atoms with Crippen LogP contribution in [0.15, 0.2) is 18.3 Å². The van der Waals surface area contributed by atoms with Crippen molar-refractivity contribution in [2.75, 3.05) is 11.9 Å². The number of aryl methyl sites for hydroxylation is 2. The fourth-order valence-corrected chi connectivity index (χ4v) is 3.12. The van der Waals surface area contributed by atoms with Gasteiger partial charge in [-0.1, -0.05) is 6.07 Å². The molecule has 0 saturated carbocycles. The molecule has 152 valence electrons. The predicted molar refractivity (Wildman–Crippen MR) is 107 cm³/mol. The molecule has 0 fully saturated rings. The number of nitrogens with one attached hydrogen (secondary N) is 3. The van der Waals surface area contributed by atoms with Crippen LogP contribution in [0.4, 0.5) is 5.82 Å². The highest BCUT2D eigenvalue weighted by molar-refractivity contribution is 5.95. The van der Waals surface area contributed by atoms with Gasteiger partial charge in [-0.25, -0.2) is 4.98 Å². The molecule has 3 N–H and O–H groups in total. The largest absolute Gasteiger partial charge is 0.351 e. The first-order valence-electron chi connectivity index (χ1n) is 9.32. The predicted octanol–water partition coefficient (Wildman–Crippen LogP) is 1.76. The Morgan fingerprint density at radius 3 is 2.83 bits per heavy atom. The van der Waals surface area contributed by atoms with Crippen LogP contribution in [-0.2, 0) is 11.2 Å². The number of hydrogen-bond acceptors (Lipinski definition) is 6. The number of fused-ring (bicyclic) bond motifs is 1. The maximum atomic E-state index is 12.6. The van der Waals surface area contributed by atoms with Gasteiger partial charge in [-0.15, -0.1) is 0 Å². The van der Waals surface area contributed by atoms with Gasteiger partial charge in [0.1, 0.15) is 23.0 Å². The normalized spacial score (nSPS) is 10.4. The van der Waals surface area contributed by atoms with Crippen molar-refractivity contribution in [3.05, 3.63) is 46.5 Å². The van der Waals surface area contributed by atoms with E-state index in [9.17, 15) is 14.9 Å². The molecule has 10 heteroatoms. The molecule has 3 heterocycles. The van der Waals surface area contributed by atoms with Gasteiger partial charge >= 0.3 is 0 Å². The second kappa shape index (κ2) is 8.88. The zero-order chi connectivity index (χ0) is 21.7. The molecule has 2 amide bonds. The lowest BCUT2D eigenvalue weighted by Crippen LogP contribution is -2.27. The maximum Gasteiger partial charge on any atom is 0.270 e. The van der Waals surface area contributed by atoms with Crippen LogP contribution in [0.5, 0.6) is 0 Å². The van der Waals surface area contributed by atoms with Gasteiger partial charge in [-0.05, 0) is 31.9 Å². The third-order valence-corrected chi connectivity index (χ3v) is 4.57. The van der Waals surface area contributed by atoms with Crippen molar-refractivity contribution in [3.63, 3.8) is 0 Å². The lowest BCUT2D eigenvalue weighted by atomic mass is 10.2. The van der Waals surface area contributed by atoms with E-state index in [1.54, 1.807) is 17.5 Å². The van der Waals surface area contributed by atoms with Crippen molar-refractivity contribution < 1.29 is 9.59 Å². The first-order chi connectivity index (χ1) is 14.5. The molecule has 0 aliphatic rings. The number of carbonyl (C=O) groups is 2. The van der Waals surface area contributed by atoms with Crippen LogP contribution in [0.3, 0.4) is 0 Å². The van der Waals surface area contributed by atoms with E-state index >= 15 is 0 Å². The first kappa shape index (κ1) is 20.6. The molecule has 0 spiro atoms. The van der Waals surface area contributed by atoms with E-state index in [0.29, 0.717) is 30.0 Å². The zero-order valence-electron chi connectivity index (χ0n) is 16.6. The van der Waals surface area contributed by atoms with Crippen molar-refractivity contribution in [3.8, 4) is 12.1 Å². The van der Waals surface area contributed by atoms with E-state index in [-0.39, 0.29) is 36.0 Å². The second-order valence-electron chi connectivity index (χ2n) is 6.71. The fraction of sp³-hybridized carbons (Fsp3) is 0.300. The molecule has 30 heavy (non-hydrogen) atoms. The summed E-state index contributed by atoms with van der Waals surface area (Å²) in [6.07, 6.45) is 2.34. The van der Waals surface area contributed by atoms with Crippen LogP contribution in [0, 0.1) is 36.5 Å². The van der Waals surface area contributed by atoms with Crippen molar-refractivity contribution in [2.45, 2.75) is 33.1 Å². The topological polar surface area (TPSA) is 152 Å². The molecular formula is C20H20N8O2. The number of amides is 2. The standard InChI is InChI=1S/C20H20N8O2/c1-12-5-4-10-28-17(13(2)24-19(12)28)20(30)23-9-3-6-16(29)25-18-14(11-22)15(7-8-21)26-27-18/h4-5,10H,3,6-7,9H2,1-2H3,(H,23,30)(H2,25,26,27,29). The molecule has 0 aliphatic heterocycles. The summed E-state index contributed by atoms with van der Waals surface area (Å²) in [5, 5.41) is 29.7. The van der Waals surface area contributed by atoms with Gasteiger partial charge in [0.05, 0.1) is 23.9 Å². The van der Waals surface area contributed by atoms with Crippen molar-refractivity contribution in [1.82, 2.24) is 24.9 Å². The van der Waals surface area contributed by atoms with Gasteiger partial charge in [0, 0.05) is 19.2 Å². The molecule has 0 unspecified atom stereocenters. The van der Waals surface area contributed by atoms with Crippen molar-refractivity contribution in [2.24, 2.45) is 0 Å². The SMILES string of the molecule is Cc1nc2c(C)cccn2c1C(=O)NCCCC(=O)Nc1n[nH]c(CC#N)c1C#N. The molecule has 0 bridgehead atoms. The maximum absolute atomic E-state index is 12.6. The molecule has 0 aliphatic carbocycles. The monoisotopic (exact) mass is 404 g/mol. The molecule has 3 rings (SSSR count). The highest BCUT2D eigenvalue weighted by atomic mass is 16.2. The number of H-pyrrole nitrogens is 1. The Balaban J connectivity index is 1.53. The Morgan fingerprint density at radius 1 is 1.30 bits per heavy atom. The van der Waals surface area contributed by atoms with Crippen molar-refractivity contribution in [1.29, 1.82) is 10.5 Å². The summed E-state index contributed by atoms with van der Waals surface area (Å²) in [4.78, 5) is 29.2. The Labute approximate surface area is 172 Å². The van der Waals surface area contributed by atoms with Crippen LogP contribution in [0.2, 0.25) is 0 Å². The Kier molecular flexibility index (Phi) is 6.08. The average molecular weight is 404 g/mol. The van der Waals surface area contributed by atoms with E-state index in [4.69, 9.17) is 5.26 Å². The molecule has 10 nitrogen and oxygen atoms in total. The van der Waals surface area contributed by atoms with Gasteiger partial charge < -0.3 is 10.6 Å². The number of pyridine rings is 1. The lowest BCUT2D eigenvalue weighted by molar-refractivity contribution is -0.116. The number of carbonyl (C=O) groups excluding carboxylic acids is 2. The number of hydrogen-bond donors (Lipinski definition) is 3. The first-order valence-corrected chi connectivity index (χ1v) is 9.32. The number of anilines is 1. The van der Waals surface area contributed by atoms with E-state index in [1.807, 2.05) is 31.2 Å². The number of aromatic amines is 1. The number of rotatable bonds is 7. The molecule has 3 aromatic rings. The highest BCUT2D eigenvalue weighted by Crippen LogP contribution is 2.17. The third kappa shape index (κ3) is 4.13. The van der Waals surface area contributed by atoms with Crippen LogP contribution >= 0.6 is 0 Å². The number of nitriles is 2. The van der Waals surface area contributed by atoms with Gasteiger partial charge in [0.2, 0.25) is 5.91 Å². The number of imidazole rings is 1. The van der Waals surface area contributed by atoms with Crippen LogP contribution in [-0.4, -0.2) is 37.9 Å². The minimum atomic E-state index is -0.336. The molecule has 0 aromatic carbocycles. The third-order valence-electron chi connectivity index (χ3n) is 4.57. The van der Waals surface area contributed by atoms with Gasteiger partial charge in [0.25, 0.3) is 5.91 Å². The minimum absolute atomic E-state index is 0.0000138. The lowest BCUT2D eigenvalue weighted by Gasteiger charge is -2.07. The molecule has 0 radical (unpaired) electrons. The van der Waals surface area contributed by atoms with E-state index in [1.165, 1.54) is 0 Å². The molecule has 3 aromatic heterocycles. The smallest absolute Gasteiger partial charge is 0.270 e. The average Bonchev–Trinajstić information content (AvgIpc) is 3.26. The number of nitrogens with zero attached hydrogens (tertiary/aromatic N) is 5. The van der Waals surface area contributed by atoms with E-state index < -0.39 is 0 Å². The Bertz CT molecular complexity index is 1190. The quantitative estimate of drug-likeness (QED) is 0.510. The summed E-state index contributed by atoms with van der Waals surface area (Å²) in [5.41, 5.74) is 3.33. The minimum Gasteiger partial charge on any atom is -0.351 e. The summed E-state index contributed by atoms with van der Waals surface area (Å²) < 4.78 is 1.76. The number of aromatic nitrogens is 4. The fourth-order valence-electron chi connectivity index (χ4n) is 3.12. The summed E-state index contributed by atoms with van der Waals surface area (Å²) in [6.45, 7) is 4.02. The van der Waals surface area contributed by atoms with E-state index in [0.717, 1.165) is 11.2 Å². The van der Waals surface area contributed by atoms with Gasteiger partial charge in [-0.3, -0.25) is 19.1 Å². The summed E-state index contributed by atoms with van der Waals surface area (Å²) >= 11 is 0. The molecular weight excluding hydrogens is 384 g/mol. The Hall–Kier alpha value is -4.18. The van der Waals surface area contributed by atoms with Gasteiger partial charge in [0.15, 0.2) is 5.82 Å². The summed E-state index contributed by atoms with van der Waals surface area (Å²) in [7, 11) is 0. The van der Waals surface area contributed by atoms with E-state index in [2.05, 4.69) is 25.8 Å². The summed E-state index contributed by atoms with van der Waals surface area (Å²) in [6, 6.07) is 7.65. The molecule has 0 atom stereocenters.